The second-order valence-corrected chi connectivity index (χ2v) is 1.75. The lowest BCUT2D eigenvalue weighted by Crippen LogP contribution is -2.12. The Hall–Kier alpha value is -1.32. The maximum Gasteiger partial charge on any atom is 0.354 e. The molecule has 0 amide bonds. The maximum absolute atomic E-state index is 10.2. The summed E-state index contributed by atoms with van der Waals surface area (Å²) in [5.74, 6) is -1.06. The zero-order valence-electron chi connectivity index (χ0n) is 5.11. The zero-order chi connectivity index (χ0) is 7.56. The van der Waals surface area contributed by atoms with E-state index in [0.717, 1.165) is 0 Å². The van der Waals surface area contributed by atoms with Crippen LogP contribution < -0.4 is 5.59 Å². The number of hydrogen-bond donors (Lipinski definition) is 1. The van der Waals surface area contributed by atoms with Crippen molar-refractivity contribution in [3.05, 3.63) is 23.9 Å². The molecule has 2 radical (unpaired) electrons. The highest BCUT2D eigenvalue weighted by atomic mass is 16.4. The van der Waals surface area contributed by atoms with Crippen molar-refractivity contribution in [1.29, 1.82) is 0 Å². The second-order valence-electron chi connectivity index (χ2n) is 1.75. The minimum Gasteiger partial charge on any atom is -0.477 e. The van der Waals surface area contributed by atoms with Crippen LogP contribution in [-0.2, 0) is 0 Å². The van der Waals surface area contributed by atoms with Gasteiger partial charge in [0.15, 0.2) is 0 Å². The molecule has 0 unspecified atom stereocenters. The fraction of sp³-hybridized carbons (Fsp3) is 0. The third-order valence-electron chi connectivity index (χ3n) is 0.990. The molecule has 0 aliphatic rings. The Balaban J connectivity index is 3.07. The van der Waals surface area contributed by atoms with Gasteiger partial charge in [-0.3, -0.25) is 4.98 Å². The molecule has 0 aromatic carbocycles. The van der Waals surface area contributed by atoms with E-state index in [1.807, 2.05) is 0 Å². The Morgan fingerprint density at radius 1 is 1.60 bits per heavy atom. The van der Waals surface area contributed by atoms with Crippen LogP contribution in [0.1, 0.15) is 10.5 Å². The van der Waals surface area contributed by atoms with Gasteiger partial charge < -0.3 is 5.11 Å². The smallest absolute Gasteiger partial charge is 0.354 e. The van der Waals surface area contributed by atoms with Gasteiger partial charge in [0.25, 0.3) is 0 Å². The summed E-state index contributed by atoms with van der Waals surface area (Å²) in [6.07, 6.45) is 0. The van der Waals surface area contributed by atoms with Crippen molar-refractivity contribution in [1.82, 2.24) is 4.98 Å². The predicted octanol–water partition coefficient (Wildman–Crippen LogP) is -0.426. The quantitative estimate of drug-likeness (QED) is 0.529. The van der Waals surface area contributed by atoms with Crippen LogP contribution in [0.3, 0.4) is 0 Å². The lowest BCUT2D eigenvalue weighted by atomic mass is 10.0. The van der Waals surface area contributed by atoms with Gasteiger partial charge >= 0.3 is 5.97 Å². The zero-order valence-corrected chi connectivity index (χ0v) is 5.11. The van der Waals surface area contributed by atoms with E-state index in [9.17, 15) is 4.79 Å². The molecule has 1 aromatic rings. The number of nitrogens with zero attached hydrogens (tertiary/aromatic N) is 1. The molecule has 0 fully saturated rings. The van der Waals surface area contributed by atoms with Crippen molar-refractivity contribution < 1.29 is 9.90 Å². The Kier molecular flexibility index (Phi) is 1.71. The number of pyridine rings is 1. The van der Waals surface area contributed by atoms with Crippen molar-refractivity contribution in [3.8, 4) is 0 Å². The number of aromatic nitrogens is 1. The molecule has 0 spiro atoms. The summed E-state index contributed by atoms with van der Waals surface area (Å²) < 4.78 is 0. The number of carboxylic acids is 1. The number of rotatable bonds is 1. The van der Waals surface area contributed by atoms with Crippen LogP contribution in [0, 0.1) is 0 Å². The van der Waals surface area contributed by atoms with E-state index in [1.165, 1.54) is 12.1 Å². The fourth-order valence-corrected chi connectivity index (χ4v) is 0.571. The van der Waals surface area contributed by atoms with Crippen LogP contribution >= 0.6 is 0 Å². The molecule has 0 aliphatic carbocycles. The van der Waals surface area contributed by atoms with Crippen LogP contribution in [0.5, 0.6) is 0 Å². The molecule has 10 heavy (non-hydrogen) atoms. The molecule has 1 N–H and O–H groups in total. The molecule has 3 nitrogen and oxygen atoms in total. The second kappa shape index (κ2) is 2.52. The van der Waals surface area contributed by atoms with E-state index in [0.29, 0.717) is 0 Å². The summed E-state index contributed by atoms with van der Waals surface area (Å²) in [5, 5.41) is 8.39. The Labute approximate surface area is 59.1 Å². The monoisotopic (exact) mass is 133 g/mol. The summed E-state index contributed by atoms with van der Waals surface area (Å²) >= 11 is 0. The Morgan fingerprint density at radius 2 is 2.30 bits per heavy atom. The van der Waals surface area contributed by atoms with Gasteiger partial charge in [0.1, 0.15) is 13.5 Å². The lowest BCUT2D eigenvalue weighted by Gasteiger charge is -1.93. The molecule has 0 saturated heterocycles. The summed E-state index contributed by atoms with van der Waals surface area (Å²) in [6.45, 7) is 0. The molecule has 0 saturated carbocycles. The van der Waals surface area contributed by atoms with E-state index in [1.54, 1.807) is 6.07 Å². The van der Waals surface area contributed by atoms with E-state index in [2.05, 4.69) is 4.98 Å². The number of carbonyl (C=O) groups is 1. The largest absolute Gasteiger partial charge is 0.477 e. The minimum atomic E-state index is -1.06. The fourth-order valence-electron chi connectivity index (χ4n) is 0.571. The summed E-state index contributed by atoms with van der Waals surface area (Å²) in [5.41, 5.74) is 0.194. The van der Waals surface area contributed by atoms with Crippen molar-refractivity contribution >= 4 is 19.4 Å². The van der Waals surface area contributed by atoms with Gasteiger partial charge in [0.2, 0.25) is 0 Å². The Morgan fingerprint density at radius 3 is 2.70 bits per heavy atom. The van der Waals surface area contributed by atoms with Gasteiger partial charge in [-0.2, -0.15) is 0 Å². The molecular weight excluding hydrogens is 129 g/mol. The number of carboxylic acid groups (broad SMARTS) is 1. The summed E-state index contributed by atoms with van der Waals surface area (Å²) in [4.78, 5) is 13.8. The molecular formula is C6H4BNO2. The van der Waals surface area contributed by atoms with Crippen LogP contribution in [-0.4, -0.2) is 23.9 Å². The molecule has 1 aromatic heterocycles. The standard InChI is InChI=1S/C6H4BNO2/c7-5-3-1-2-4(8-5)6(9)10/h1-3H,(H,9,10). The summed E-state index contributed by atoms with van der Waals surface area (Å²) in [7, 11) is 5.22. The first kappa shape index (κ1) is 6.80. The van der Waals surface area contributed by atoms with Crippen molar-refractivity contribution in [3.63, 3.8) is 0 Å². The highest BCUT2D eigenvalue weighted by Gasteiger charge is 2.01. The van der Waals surface area contributed by atoms with Crippen LogP contribution in [0.25, 0.3) is 0 Å². The molecule has 1 rings (SSSR count). The van der Waals surface area contributed by atoms with Crippen molar-refractivity contribution in [2.75, 3.05) is 0 Å². The Bertz CT molecular complexity index is 262. The SMILES string of the molecule is [B]c1cccc(C(=O)O)n1. The van der Waals surface area contributed by atoms with Gasteiger partial charge in [-0.1, -0.05) is 12.1 Å². The predicted molar refractivity (Wildman–Crippen MR) is 36.6 cm³/mol. The minimum absolute atomic E-state index is 0.0278. The van der Waals surface area contributed by atoms with E-state index >= 15 is 0 Å². The van der Waals surface area contributed by atoms with E-state index in [4.69, 9.17) is 13.0 Å². The normalized spacial score (nSPS) is 9.20. The van der Waals surface area contributed by atoms with Crippen LogP contribution in [0.15, 0.2) is 18.2 Å². The molecule has 0 bridgehead atoms. The highest BCUT2D eigenvalue weighted by molar-refractivity contribution is 6.30. The van der Waals surface area contributed by atoms with Crippen molar-refractivity contribution in [2.24, 2.45) is 0 Å². The van der Waals surface area contributed by atoms with Crippen LogP contribution in [0.4, 0.5) is 0 Å². The van der Waals surface area contributed by atoms with Gasteiger partial charge in [0, 0.05) is 0 Å². The maximum atomic E-state index is 10.2. The molecule has 48 valence electrons. The van der Waals surface area contributed by atoms with Gasteiger partial charge in [0.05, 0.1) is 0 Å². The van der Waals surface area contributed by atoms with E-state index < -0.39 is 5.97 Å². The van der Waals surface area contributed by atoms with Crippen molar-refractivity contribution in [2.45, 2.75) is 0 Å². The highest BCUT2D eigenvalue weighted by Crippen LogP contribution is 1.88. The van der Waals surface area contributed by atoms with E-state index in [-0.39, 0.29) is 11.3 Å². The molecule has 0 aliphatic heterocycles. The van der Waals surface area contributed by atoms with Crippen LogP contribution in [0.2, 0.25) is 0 Å². The van der Waals surface area contributed by atoms with Gasteiger partial charge in [-0.05, 0) is 11.7 Å². The number of aromatic carboxylic acids is 1. The lowest BCUT2D eigenvalue weighted by molar-refractivity contribution is 0.0691. The molecule has 4 heteroatoms. The first-order valence-electron chi connectivity index (χ1n) is 2.66. The first-order valence-corrected chi connectivity index (χ1v) is 2.66. The first-order chi connectivity index (χ1) is 4.70. The molecule has 0 atom stereocenters. The topological polar surface area (TPSA) is 50.2 Å². The van der Waals surface area contributed by atoms with Gasteiger partial charge in [-0.15, -0.1) is 0 Å². The summed E-state index contributed by atoms with van der Waals surface area (Å²) in [6, 6.07) is 4.47. The average Bonchev–Trinajstić information content (AvgIpc) is 1.88. The van der Waals surface area contributed by atoms with Gasteiger partial charge in [-0.25, -0.2) is 4.79 Å². The molecule has 1 heterocycles. The average molecular weight is 133 g/mol. The third kappa shape index (κ3) is 1.34. The number of hydrogen-bond acceptors (Lipinski definition) is 2. The third-order valence-corrected chi connectivity index (χ3v) is 0.990.